The fraction of sp³-hybridized carbons (Fsp3) is 0.167. The van der Waals surface area contributed by atoms with Crippen molar-refractivity contribution in [3.05, 3.63) is 40.7 Å². The fourth-order valence-electron chi connectivity index (χ4n) is 1.58. The third-order valence-corrected chi connectivity index (χ3v) is 2.45. The highest BCUT2D eigenvalue weighted by atomic mass is 19.1. The van der Waals surface area contributed by atoms with Gasteiger partial charge in [0.15, 0.2) is 0 Å². The van der Waals surface area contributed by atoms with Crippen LogP contribution >= 0.6 is 0 Å². The molecule has 2 rings (SSSR count). The van der Waals surface area contributed by atoms with Gasteiger partial charge >= 0.3 is 0 Å². The zero-order valence-corrected chi connectivity index (χ0v) is 9.86. The number of ether oxygens (including phenoxy) is 2. The lowest BCUT2D eigenvalue weighted by molar-refractivity contribution is 0.406. The predicted molar refractivity (Wildman–Crippen MR) is 63.4 cm³/mol. The van der Waals surface area contributed by atoms with E-state index in [0.29, 0.717) is 5.75 Å². The zero-order chi connectivity index (χ0) is 13.1. The van der Waals surface area contributed by atoms with E-state index in [-0.39, 0.29) is 17.0 Å². The fourth-order valence-corrected chi connectivity index (χ4v) is 1.58. The molecule has 1 aromatic carbocycles. The third kappa shape index (κ3) is 2.04. The van der Waals surface area contributed by atoms with Gasteiger partial charge in [-0.05, 0) is 12.1 Å². The summed E-state index contributed by atoms with van der Waals surface area (Å²) >= 11 is 0. The van der Waals surface area contributed by atoms with Gasteiger partial charge in [-0.3, -0.25) is 4.79 Å². The van der Waals surface area contributed by atoms with E-state index >= 15 is 0 Å². The first-order valence-electron chi connectivity index (χ1n) is 5.13. The van der Waals surface area contributed by atoms with Crippen molar-refractivity contribution >= 4 is 0 Å². The van der Waals surface area contributed by atoms with Crippen LogP contribution in [0.15, 0.2) is 29.3 Å². The number of methoxy groups -OCH3 is 2. The molecule has 94 valence electrons. The maximum Gasteiger partial charge on any atom is 0.293 e. The van der Waals surface area contributed by atoms with E-state index < -0.39 is 11.4 Å². The van der Waals surface area contributed by atoms with Crippen molar-refractivity contribution in [1.29, 1.82) is 0 Å². The van der Waals surface area contributed by atoms with Crippen LogP contribution in [0.4, 0.5) is 4.39 Å². The molecule has 0 aliphatic rings. The predicted octanol–water partition coefficient (Wildman–Crippen LogP) is 1.59. The summed E-state index contributed by atoms with van der Waals surface area (Å²) in [5, 5.41) is 0. The van der Waals surface area contributed by atoms with Crippen LogP contribution in [0.2, 0.25) is 0 Å². The number of aromatic amines is 1. The van der Waals surface area contributed by atoms with Crippen LogP contribution in [-0.4, -0.2) is 24.2 Å². The number of hydrogen-bond donors (Lipinski definition) is 1. The van der Waals surface area contributed by atoms with Crippen LogP contribution in [0.3, 0.4) is 0 Å². The minimum atomic E-state index is -0.536. The van der Waals surface area contributed by atoms with Gasteiger partial charge in [0.25, 0.3) is 5.56 Å². The van der Waals surface area contributed by atoms with Crippen LogP contribution in [-0.2, 0) is 0 Å². The number of rotatable bonds is 3. The van der Waals surface area contributed by atoms with Crippen molar-refractivity contribution in [2.45, 2.75) is 0 Å². The largest absolute Gasteiger partial charge is 0.497 e. The SMILES string of the molecule is COc1ccc(-c2nc[nH]c(=O)c2OC)c(F)c1. The third-order valence-electron chi connectivity index (χ3n) is 2.45. The smallest absolute Gasteiger partial charge is 0.293 e. The summed E-state index contributed by atoms with van der Waals surface area (Å²) in [5.41, 5.74) is -0.127. The molecule has 0 spiro atoms. The van der Waals surface area contributed by atoms with Gasteiger partial charge in [-0.2, -0.15) is 0 Å². The highest BCUT2D eigenvalue weighted by molar-refractivity contribution is 5.66. The maximum atomic E-state index is 13.9. The van der Waals surface area contributed by atoms with Crippen molar-refractivity contribution in [2.75, 3.05) is 14.2 Å². The van der Waals surface area contributed by atoms with Crippen molar-refractivity contribution in [2.24, 2.45) is 0 Å². The Kier molecular flexibility index (Phi) is 3.27. The van der Waals surface area contributed by atoms with Gasteiger partial charge in [-0.1, -0.05) is 0 Å². The summed E-state index contributed by atoms with van der Waals surface area (Å²) in [6.45, 7) is 0. The molecule has 1 aromatic heterocycles. The van der Waals surface area contributed by atoms with Crippen LogP contribution in [0.1, 0.15) is 0 Å². The minimum absolute atomic E-state index is 0.0263. The molecule has 6 heteroatoms. The Labute approximate surface area is 102 Å². The second-order valence-electron chi connectivity index (χ2n) is 3.46. The Morgan fingerprint density at radius 2 is 2.06 bits per heavy atom. The number of aromatic nitrogens is 2. The van der Waals surface area contributed by atoms with Gasteiger partial charge in [0.1, 0.15) is 17.3 Å². The molecule has 0 atom stereocenters. The van der Waals surface area contributed by atoms with Gasteiger partial charge < -0.3 is 14.5 Å². The van der Waals surface area contributed by atoms with Gasteiger partial charge in [-0.25, -0.2) is 9.37 Å². The molecular formula is C12H11FN2O3. The first-order valence-corrected chi connectivity index (χ1v) is 5.13. The lowest BCUT2D eigenvalue weighted by Gasteiger charge is -2.08. The van der Waals surface area contributed by atoms with Crippen molar-refractivity contribution in [3.63, 3.8) is 0 Å². The average Bonchev–Trinajstić information content (AvgIpc) is 2.38. The Morgan fingerprint density at radius 3 is 2.67 bits per heavy atom. The number of nitrogens with one attached hydrogen (secondary N) is 1. The molecule has 0 bridgehead atoms. The van der Waals surface area contributed by atoms with Gasteiger partial charge in [0.05, 0.1) is 20.5 Å². The van der Waals surface area contributed by atoms with Gasteiger partial charge in [0, 0.05) is 11.6 Å². The lowest BCUT2D eigenvalue weighted by Crippen LogP contribution is -2.11. The maximum absolute atomic E-state index is 13.9. The van der Waals surface area contributed by atoms with E-state index in [0.717, 1.165) is 0 Å². The average molecular weight is 250 g/mol. The molecule has 2 aromatic rings. The number of benzene rings is 1. The molecule has 0 saturated heterocycles. The highest BCUT2D eigenvalue weighted by Crippen LogP contribution is 2.28. The van der Waals surface area contributed by atoms with Gasteiger partial charge in [0.2, 0.25) is 5.75 Å². The molecule has 0 aliphatic carbocycles. The van der Waals surface area contributed by atoms with Crippen LogP contribution in [0.25, 0.3) is 11.3 Å². The monoisotopic (exact) mass is 250 g/mol. The molecule has 1 heterocycles. The number of hydrogen-bond acceptors (Lipinski definition) is 4. The molecule has 0 saturated carbocycles. The molecule has 0 unspecified atom stereocenters. The molecular weight excluding hydrogens is 239 g/mol. The quantitative estimate of drug-likeness (QED) is 0.898. The molecule has 1 N–H and O–H groups in total. The molecule has 0 aliphatic heterocycles. The molecule has 5 nitrogen and oxygen atoms in total. The Morgan fingerprint density at radius 1 is 1.28 bits per heavy atom. The lowest BCUT2D eigenvalue weighted by atomic mass is 10.1. The van der Waals surface area contributed by atoms with E-state index in [1.807, 2.05) is 0 Å². The first kappa shape index (κ1) is 12.1. The Hall–Kier alpha value is -2.37. The van der Waals surface area contributed by atoms with E-state index in [4.69, 9.17) is 9.47 Å². The van der Waals surface area contributed by atoms with E-state index in [1.54, 1.807) is 6.07 Å². The van der Waals surface area contributed by atoms with Crippen LogP contribution < -0.4 is 15.0 Å². The van der Waals surface area contributed by atoms with Crippen molar-refractivity contribution in [1.82, 2.24) is 9.97 Å². The van der Waals surface area contributed by atoms with Crippen LogP contribution in [0.5, 0.6) is 11.5 Å². The number of halogens is 1. The molecule has 0 fully saturated rings. The number of nitrogens with zero attached hydrogens (tertiary/aromatic N) is 1. The molecule has 0 amide bonds. The summed E-state index contributed by atoms with van der Waals surface area (Å²) in [6, 6.07) is 4.29. The normalized spacial score (nSPS) is 10.2. The second kappa shape index (κ2) is 4.87. The van der Waals surface area contributed by atoms with E-state index in [2.05, 4.69) is 9.97 Å². The topological polar surface area (TPSA) is 64.2 Å². The highest BCUT2D eigenvalue weighted by Gasteiger charge is 2.15. The summed E-state index contributed by atoms with van der Waals surface area (Å²) in [7, 11) is 2.78. The van der Waals surface area contributed by atoms with E-state index in [9.17, 15) is 9.18 Å². The minimum Gasteiger partial charge on any atom is -0.497 e. The van der Waals surface area contributed by atoms with Crippen molar-refractivity contribution in [3.8, 4) is 22.8 Å². The molecule has 18 heavy (non-hydrogen) atoms. The standard InChI is InChI=1S/C12H11FN2O3/c1-17-7-3-4-8(9(13)5-7)10-11(18-2)12(16)15-6-14-10/h3-6H,1-2H3,(H,14,15,16). The van der Waals surface area contributed by atoms with Crippen LogP contribution in [0, 0.1) is 5.82 Å². The second-order valence-corrected chi connectivity index (χ2v) is 3.46. The Bertz CT molecular complexity index is 625. The summed E-state index contributed by atoms with van der Waals surface area (Å²) in [6.07, 6.45) is 1.20. The van der Waals surface area contributed by atoms with E-state index in [1.165, 1.54) is 32.7 Å². The summed E-state index contributed by atoms with van der Waals surface area (Å²) in [5.74, 6) is -0.174. The molecule has 0 radical (unpaired) electrons. The summed E-state index contributed by atoms with van der Waals surface area (Å²) < 4.78 is 23.7. The first-order chi connectivity index (χ1) is 8.67. The van der Waals surface area contributed by atoms with Crippen molar-refractivity contribution < 1.29 is 13.9 Å². The summed E-state index contributed by atoms with van der Waals surface area (Å²) in [4.78, 5) is 17.8. The Balaban J connectivity index is 2.62. The van der Waals surface area contributed by atoms with Gasteiger partial charge in [-0.15, -0.1) is 0 Å². The zero-order valence-electron chi connectivity index (χ0n) is 9.86. The number of H-pyrrole nitrogens is 1.